The van der Waals surface area contributed by atoms with Crippen molar-refractivity contribution < 1.29 is 4.79 Å². The van der Waals surface area contributed by atoms with Crippen LogP contribution in [0.2, 0.25) is 0 Å². The molecule has 1 saturated carbocycles. The van der Waals surface area contributed by atoms with Crippen molar-refractivity contribution in [1.82, 2.24) is 15.1 Å². The van der Waals surface area contributed by atoms with Gasteiger partial charge >= 0.3 is 0 Å². The minimum absolute atomic E-state index is 0.0903. The van der Waals surface area contributed by atoms with Gasteiger partial charge in [-0.1, -0.05) is 0 Å². The molecule has 2 unspecified atom stereocenters. The van der Waals surface area contributed by atoms with Gasteiger partial charge in [0.25, 0.3) is 0 Å². The van der Waals surface area contributed by atoms with Crippen LogP contribution in [0.3, 0.4) is 0 Å². The van der Waals surface area contributed by atoms with Crippen LogP contribution >= 0.6 is 0 Å². The Morgan fingerprint density at radius 1 is 1.38 bits per heavy atom. The van der Waals surface area contributed by atoms with Gasteiger partial charge in [0.1, 0.15) is 0 Å². The van der Waals surface area contributed by atoms with Crippen molar-refractivity contribution in [3.05, 3.63) is 0 Å². The fraction of sp³-hybridized carbons (Fsp3) is 0.909. The molecule has 2 fully saturated rings. The van der Waals surface area contributed by atoms with Crippen LogP contribution in [0.4, 0.5) is 0 Å². The molecule has 1 aliphatic carbocycles. The van der Waals surface area contributed by atoms with Gasteiger partial charge in [-0.05, 0) is 13.5 Å². The lowest BCUT2D eigenvalue weighted by Gasteiger charge is -2.32. The molecule has 0 spiro atoms. The van der Waals surface area contributed by atoms with Crippen molar-refractivity contribution in [3.63, 3.8) is 0 Å². The Balaban J connectivity index is 1.56. The van der Waals surface area contributed by atoms with E-state index in [4.69, 9.17) is 5.73 Å². The van der Waals surface area contributed by atoms with Crippen molar-refractivity contribution in [2.75, 3.05) is 46.3 Å². The summed E-state index contributed by atoms with van der Waals surface area (Å²) in [5.74, 6) is 0.231. The number of hydrogen-bond donors (Lipinski definition) is 2. The first kappa shape index (κ1) is 11.8. The highest BCUT2D eigenvalue weighted by molar-refractivity contribution is 5.82. The summed E-state index contributed by atoms with van der Waals surface area (Å²) in [5, 5.41) is 2.96. The highest BCUT2D eigenvalue weighted by Gasteiger charge is 2.39. The molecule has 5 heteroatoms. The van der Waals surface area contributed by atoms with Crippen molar-refractivity contribution in [1.29, 1.82) is 0 Å². The maximum absolute atomic E-state index is 11.5. The molecule has 1 aliphatic heterocycles. The van der Waals surface area contributed by atoms with Crippen LogP contribution in [0.25, 0.3) is 0 Å². The third-order valence-corrected chi connectivity index (χ3v) is 3.50. The summed E-state index contributed by atoms with van der Waals surface area (Å²) in [6.07, 6.45) is 0.861. The zero-order valence-corrected chi connectivity index (χ0v) is 9.98. The normalized spacial score (nSPS) is 31.4. The molecule has 0 bridgehead atoms. The molecule has 2 atom stereocenters. The molecule has 0 radical (unpaired) electrons. The molecule has 1 amide bonds. The van der Waals surface area contributed by atoms with E-state index in [-0.39, 0.29) is 17.9 Å². The summed E-state index contributed by atoms with van der Waals surface area (Å²) < 4.78 is 0. The van der Waals surface area contributed by atoms with Crippen LogP contribution < -0.4 is 11.1 Å². The van der Waals surface area contributed by atoms with E-state index in [0.717, 1.165) is 45.7 Å². The van der Waals surface area contributed by atoms with Crippen LogP contribution in [-0.2, 0) is 4.79 Å². The van der Waals surface area contributed by atoms with Gasteiger partial charge in [-0.2, -0.15) is 0 Å². The van der Waals surface area contributed by atoms with E-state index in [2.05, 4.69) is 22.2 Å². The number of amides is 1. The van der Waals surface area contributed by atoms with Crippen molar-refractivity contribution in [3.8, 4) is 0 Å². The van der Waals surface area contributed by atoms with E-state index in [1.807, 2.05) is 0 Å². The second-order valence-corrected chi connectivity index (χ2v) is 4.94. The highest BCUT2D eigenvalue weighted by Crippen LogP contribution is 2.27. The van der Waals surface area contributed by atoms with Crippen LogP contribution in [0, 0.1) is 5.92 Å². The smallest absolute Gasteiger partial charge is 0.224 e. The lowest BCUT2D eigenvalue weighted by Crippen LogP contribution is -2.47. The summed E-state index contributed by atoms with van der Waals surface area (Å²) in [4.78, 5) is 16.2. The van der Waals surface area contributed by atoms with Gasteiger partial charge in [0.2, 0.25) is 5.91 Å². The van der Waals surface area contributed by atoms with Crippen molar-refractivity contribution in [2.45, 2.75) is 12.5 Å². The van der Waals surface area contributed by atoms with Gasteiger partial charge in [0.05, 0.1) is 5.92 Å². The molecule has 0 aromatic heterocycles. The molecule has 1 heterocycles. The first-order valence-electron chi connectivity index (χ1n) is 6.11. The third-order valence-electron chi connectivity index (χ3n) is 3.50. The lowest BCUT2D eigenvalue weighted by molar-refractivity contribution is -0.122. The Bertz CT molecular complexity index is 250. The highest BCUT2D eigenvalue weighted by atomic mass is 16.2. The summed E-state index contributed by atoms with van der Waals surface area (Å²) in [6.45, 7) is 6.18. The van der Waals surface area contributed by atoms with E-state index in [9.17, 15) is 4.79 Å². The minimum atomic E-state index is 0.0903. The molecule has 2 rings (SSSR count). The second kappa shape index (κ2) is 5.12. The lowest BCUT2D eigenvalue weighted by atomic mass is 10.3. The minimum Gasteiger partial charge on any atom is -0.355 e. The number of hydrogen-bond acceptors (Lipinski definition) is 4. The number of nitrogens with one attached hydrogen (secondary N) is 1. The van der Waals surface area contributed by atoms with Crippen LogP contribution in [0.15, 0.2) is 0 Å². The van der Waals surface area contributed by atoms with Crippen LogP contribution in [0.5, 0.6) is 0 Å². The first-order chi connectivity index (χ1) is 7.66. The summed E-state index contributed by atoms with van der Waals surface area (Å²) in [5.41, 5.74) is 5.62. The quantitative estimate of drug-likeness (QED) is 0.625. The SMILES string of the molecule is CN1CCN(CCNC(=O)C2CC2N)CC1. The standard InChI is InChI=1S/C11H22N4O/c1-14-4-6-15(7-5-14)3-2-13-11(16)9-8-10(9)12/h9-10H,2-8,12H2,1H3,(H,13,16). The van der Waals surface area contributed by atoms with Gasteiger partial charge in [-0.25, -0.2) is 0 Å². The fourth-order valence-electron chi connectivity index (χ4n) is 2.06. The summed E-state index contributed by atoms with van der Waals surface area (Å²) >= 11 is 0. The fourth-order valence-corrected chi connectivity index (χ4v) is 2.06. The van der Waals surface area contributed by atoms with E-state index in [1.165, 1.54) is 0 Å². The third kappa shape index (κ3) is 3.17. The Morgan fingerprint density at radius 3 is 2.56 bits per heavy atom. The molecule has 0 aromatic rings. The summed E-state index contributed by atoms with van der Waals surface area (Å²) in [7, 11) is 2.15. The Labute approximate surface area is 96.9 Å². The summed E-state index contributed by atoms with van der Waals surface area (Å²) in [6, 6.07) is 0.114. The number of carbonyl (C=O) groups is 1. The maximum atomic E-state index is 11.5. The molecule has 16 heavy (non-hydrogen) atoms. The Kier molecular flexibility index (Phi) is 3.78. The van der Waals surface area contributed by atoms with E-state index >= 15 is 0 Å². The average Bonchev–Trinajstić information content (AvgIpc) is 2.98. The molecule has 2 aliphatic rings. The predicted molar refractivity (Wildman–Crippen MR) is 63.0 cm³/mol. The predicted octanol–water partition coefficient (Wildman–Crippen LogP) is -1.30. The van der Waals surface area contributed by atoms with Gasteiger partial charge in [-0.15, -0.1) is 0 Å². The van der Waals surface area contributed by atoms with Crippen molar-refractivity contribution >= 4 is 5.91 Å². The van der Waals surface area contributed by atoms with Crippen LogP contribution in [0.1, 0.15) is 6.42 Å². The molecular weight excluding hydrogens is 204 g/mol. The number of piperazine rings is 1. The van der Waals surface area contributed by atoms with Gasteiger partial charge in [-0.3, -0.25) is 9.69 Å². The topological polar surface area (TPSA) is 61.6 Å². The van der Waals surface area contributed by atoms with E-state index in [1.54, 1.807) is 0 Å². The molecule has 5 nitrogen and oxygen atoms in total. The second-order valence-electron chi connectivity index (χ2n) is 4.94. The van der Waals surface area contributed by atoms with Gasteiger partial charge < -0.3 is 16.0 Å². The number of rotatable bonds is 4. The number of nitrogens with two attached hydrogens (primary N) is 1. The van der Waals surface area contributed by atoms with E-state index < -0.39 is 0 Å². The van der Waals surface area contributed by atoms with Crippen LogP contribution in [-0.4, -0.2) is 68.1 Å². The molecular formula is C11H22N4O. The first-order valence-corrected chi connectivity index (χ1v) is 6.11. The van der Waals surface area contributed by atoms with Gasteiger partial charge in [0, 0.05) is 45.3 Å². The maximum Gasteiger partial charge on any atom is 0.224 e. The van der Waals surface area contributed by atoms with Crippen molar-refractivity contribution in [2.24, 2.45) is 11.7 Å². The molecule has 0 aromatic carbocycles. The molecule has 1 saturated heterocycles. The van der Waals surface area contributed by atoms with Gasteiger partial charge in [0.15, 0.2) is 0 Å². The largest absolute Gasteiger partial charge is 0.355 e. The number of likely N-dealkylation sites (N-methyl/N-ethyl adjacent to an activating group) is 1. The zero-order chi connectivity index (χ0) is 11.5. The Hall–Kier alpha value is -0.650. The Morgan fingerprint density at radius 2 is 2.00 bits per heavy atom. The molecule has 3 N–H and O–H groups in total. The number of carbonyl (C=O) groups excluding carboxylic acids is 1. The zero-order valence-electron chi connectivity index (χ0n) is 9.98. The molecule has 92 valence electrons. The monoisotopic (exact) mass is 226 g/mol. The number of nitrogens with zero attached hydrogens (tertiary/aromatic N) is 2. The average molecular weight is 226 g/mol. The van der Waals surface area contributed by atoms with E-state index in [0.29, 0.717) is 0 Å².